The molecule has 0 aromatic carbocycles. The van der Waals surface area contributed by atoms with E-state index in [4.69, 9.17) is 23.2 Å². The molecule has 4 heteroatoms. The molecule has 1 rings (SSSR count). The second kappa shape index (κ2) is 4.15. The summed E-state index contributed by atoms with van der Waals surface area (Å²) in [6, 6.07) is 0. The Labute approximate surface area is 82.7 Å². The molecule has 68 valence electrons. The Bertz CT molecular complexity index is 268. The molecule has 0 fully saturated rings. The van der Waals surface area contributed by atoms with Crippen molar-refractivity contribution in [3.8, 4) is 0 Å². The van der Waals surface area contributed by atoms with Crippen LogP contribution in [-0.2, 0) is 13.6 Å². The van der Waals surface area contributed by atoms with E-state index in [9.17, 15) is 0 Å². The Morgan fingerprint density at radius 3 is 2.58 bits per heavy atom. The second-order valence-electron chi connectivity index (χ2n) is 2.85. The maximum Gasteiger partial charge on any atom is 0.255 e. The van der Waals surface area contributed by atoms with Gasteiger partial charge in [0.15, 0.2) is 0 Å². The summed E-state index contributed by atoms with van der Waals surface area (Å²) >= 11 is 11.8. The molecule has 0 saturated carbocycles. The van der Waals surface area contributed by atoms with Crippen LogP contribution in [0.4, 0.5) is 0 Å². The summed E-state index contributed by atoms with van der Waals surface area (Å²) in [6.45, 7) is 3.09. The van der Waals surface area contributed by atoms with Crippen molar-refractivity contribution < 1.29 is 4.57 Å². The highest BCUT2D eigenvalue weighted by atomic mass is 35.5. The number of imidazole rings is 1. The Kier molecular flexibility index (Phi) is 3.41. The van der Waals surface area contributed by atoms with Crippen LogP contribution in [0.3, 0.4) is 0 Å². The van der Waals surface area contributed by atoms with Crippen LogP contribution in [0.1, 0.15) is 19.8 Å². The fourth-order valence-corrected chi connectivity index (χ4v) is 1.47. The van der Waals surface area contributed by atoms with Crippen LogP contribution in [0.25, 0.3) is 0 Å². The van der Waals surface area contributed by atoms with Gasteiger partial charge in [-0.3, -0.25) is 0 Å². The Balaban J connectivity index is 2.79. The first-order valence-electron chi connectivity index (χ1n) is 4.06. The Morgan fingerprint density at radius 1 is 1.50 bits per heavy atom. The molecule has 0 amide bonds. The highest BCUT2D eigenvalue weighted by Crippen LogP contribution is 2.18. The fraction of sp³-hybridized carbons (Fsp3) is 0.625. The SMILES string of the molecule is CCCCn1c[n+](C)c(Cl)c1Cl. The van der Waals surface area contributed by atoms with E-state index in [1.807, 2.05) is 22.5 Å². The standard InChI is InChI=1S/C8H13Cl2N2/c1-3-4-5-12-6-11(2)7(9)8(12)10/h6H,3-5H2,1-2H3/q+1. The molecule has 0 aliphatic carbocycles. The summed E-state index contributed by atoms with van der Waals surface area (Å²) in [6.07, 6.45) is 4.21. The molecular weight excluding hydrogens is 195 g/mol. The van der Waals surface area contributed by atoms with Gasteiger partial charge < -0.3 is 0 Å². The fourth-order valence-electron chi connectivity index (χ4n) is 1.06. The molecule has 1 heterocycles. The predicted octanol–water partition coefficient (Wildman–Crippen LogP) is 2.42. The first-order chi connectivity index (χ1) is 5.66. The number of hydrogen-bond acceptors (Lipinski definition) is 0. The van der Waals surface area contributed by atoms with Crippen molar-refractivity contribution in [3.63, 3.8) is 0 Å². The zero-order chi connectivity index (χ0) is 9.14. The summed E-state index contributed by atoms with van der Waals surface area (Å²) in [5, 5.41) is 1.24. The maximum absolute atomic E-state index is 5.96. The molecule has 0 aliphatic rings. The van der Waals surface area contributed by atoms with Gasteiger partial charge >= 0.3 is 0 Å². The third-order valence-corrected chi connectivity index (χ3v) is 2.74. The Hall–Kier alpha value is -0.210. The van der Waals surface area contributed by atoms with Crippen LogP contribution in [0, 0.1) is 0 Å². The first kappa shape index (κ1) is 9.87. The molecule has 0 spiro atoms. The molecular formula is C8H13Cl2N2+. The van der Waals surface area contributed by atoms with Crippen LogP contribution in [0.2, 0.25) is 10.3 Å². The molecule has 0 radical (unpaired) electrons. The number of rotatable bonds is 3. The monoisotopic (exact) mass is 207 g/mol. The van der Waals surface area contributed by atoms with Crippen molar-refractivity contribution in [2.75, 3.05) is 0 Å². The molecule has 0 bridgehead atoms. The zero-order valence-corrected chi connectivity index (χ0v) is 8.86. The van der Waals surface area contributed by atoms with E-state index >= 15 is 0 Å². The van der Waals surface area contributed by atoms with Gasteiger partial charge in [0.1, 0.15) is 0 Å². The minimum atomic E-state index is 0.604. The van der Waals surface area contributed by atoms with Gasteiger partial charge in [-0.2, -0.15) is 0 Å². The van der Waals surface area contributed by atoms with Crippen molar-refractivity contribution in [3.05, 3.63) is 16.6 Å². The molecule has 2 nitrogen and oxygen atoms in total. The molecule has 0 N–H and O–H groups in total. The van der Waals surface area contributed by atoms with E-state index in [0.717, 1.165) is 19.4 Å². The number of unbranched alkanes of at least 4 members (excludes halogenated alkanes) is 1. The van der Waals surface area contributed by atoms with Gasteiger partial charge in [-0.05, 0) is 29.6 Å². The van der Waals surface area contributed by atoms with Crippen LogP contribution >= 0.6 is 23.2 Å². The lowest BCUT2D eigenvalue weighted by Crippen LogP contribution is -2.26. The minimum absolute atomic E-state index is 0.604. The maximum atomic E-state index is 5.96. The van der Waals surface area contributed by atoms with Crippen LogP contribution < -0.4 is 4.57 Å². The molecule has 0 atom stereocenters. The molecule has 1 aromatic heterocycles. The highest BCUT2D eigenvalue weighted by Gasteiger charge is 2.16. The van der Waals surface area contributed by atoms with Gasteiger partial charge in [0.05, 0.1) is 13.6 Å². The van der Waals surface area contributed by atoms with Crippen LogP contribution in [-0.4, -0.2) is 4.57 Å². The largest absolute Gasteiger partial charge is 0.255 e. The van der Waals surface area contributed by atoms with Crippen LogP contribution in [0.5, 0.6) is 0 Å². The normalized spacial score (nSPS) is 10.7. The van der Waals surface area contributed by atoms with Crippen LogP contribution in [0.15, 0.2) is 6.33 Å². The third kappa shape index (κ3) is 1.93. The van der Waals surface area contributed by atoms with E-state index < -0.39 is 0 Å². The molecule has 0 saturated heterocycles. The molecule has 1 aromatic rings. The summed E-state index contributed by atoms with van der Waals surface area (Å²) in [4.78, 5) is 0. The lowest BCUT2D eigenvalue weighted by Gasteiger charge is -1.93. The molecule has 0 unspecified atom stereocenters. The van der Waals surface area contributed by atoms with Gasteiger partial charge in [0, 0.05) is 0 Å². The lowest BCUT2D eigenvalue weighted by molar-refractivity contribution is -0.668. The number of aromatic nitrogens is 2. The smallest absolute Gasteiger partial charge is 0.222 e. The zero-order valence-electron chi connectivity index (χ0n) is 7.35. The van der Waals surface area contributed by atoms with Crippen molar-refractivity contribution in [1.29, 1.82) is 0 Å². The lowest BCUT2D eigenvalue weighted by atomic mass is 10.3. The summed E-state index contributed by atoms with van der Waals surface area (Å²) in [5.74, 6) is 0. The predicted molar refractivity (Wildman–Crippen MR) is 50.5 cm³/mol. The summed E-state index contributed by atoms with van der Waals surface area (Å²) in [7, 11) is 1.89. The minimum Gasteiger partial charge on any atom is -0.222 e. The van der Waals surface area contributed by atoms with E-state index in [1.54, 1.807) is 0 Å². The van der Waals surface area contributed by atoms with Gasteiger partial charge in [0.25, 0.3) is 10.3 Å². The number of hydrogen-bond donors (Lipinski definition) is 0. The van der Waals surface area contributed by atoms with E-state index in [-0.39, 0.29) is 0 Å². The van der Waals surface area contributed by atoms with Gasteiger partial charge in [-0.25, -0.2) is 9.13 Å². The molecule has 12 heavy (non-hydrogen) atoms. The molecule has 0 aliphatic heterocycles. The average molecular weight is 208 g/mol. The Morgan fingerprint density at radius 2 is 2.17 bits per heavy atom. The van der Waals surface area contributed by atoms with Crippen molar-refractivity contribution in [2.24, 2.45) is 7.05 Å². The van der Waals surface area contributed by atoms with Crippen molar-refractivity contribution in [1.82, 2.24) is 4.57 Å². The number of aryl methyl sites for hydroxylation is 2. The topological polar surface area (TPSA) is 8.81 Å². The summed E-state index contributed by atoms with van der Waals surface area (Å²) in [5.41, 5.74) is 0. The van der Waals surface area contributed by atoms with Gasteiger partial charge in [-0.15, -0.1) is 0 Å². The quantitative estimate of drug-likeness (QED) is 0.674. The average Bonchev–Trinajstić information content (AvgIpc) is 2.30. The summed E-state index contributed by atoms with van der Waals surface area (Å²) < 4.78 is 3.78. The van der Waals surface area contributed by atoms with E-state index in [0.29, 0.717) is 10.3 Å². The van der Waals surface area contributed by atoms with E-state index in [2.05, 4.69) is 6.92 Å². The van der Waals surface area contributed by atoms with Crippen molar-refractivity contribution >= 4 is 23.2 Å². The van der Waals surface area contributed by atoms with Gasteiger partial charge in [-0.1, -0.05) is 13.3 Å². The van der Waals surface area contributed by atoms with Crippen molar-refractivity contribution in [2.45, 2.75) is 26.3 Å². The van der Waals surface area contributed by atoms with Gasteiger partial charge in [0.2, 0.25) is 6.33 Å². The number of halogens is 2. The van der Waals surface area contributed by atoms with E-state index in [1.165, 1.54) is 0 Å². The third-order valence-electron chi connectivity index (χ3n) is 1.80. The highest BCUT2D eigenvalue weighted by molar-refractivity contribution is 6.39. The second-order valence-corrected chi connectivity index (χ2v) is 3.57. The number of nitrogens with zero attached hydrogens (tertiary/aromatic N) is 2. The first-order valence-corrected chi connectivity index (χ1v) is 4.82.